The Hall–Kier alpha value is -1.81. The maximum Gasteiger partial charge on any atom is 0.383 e. The van der Waals surface area contributed by atoms with Crippen molar-refractivity contribution in [2.24, 2.45) is 5.92 Å². The highest BCUT2D eigenvalue weighted by atomic mass is 19.3. The second-order valence-corrected chi connectivity index (χ2v) is 9.71. The van der Waals surface area contributed by atoms with E-state index in [0.717, 1.165) is 43.6 Å². The molecule has 1 aliphatic rings. The molecule has 1 aliphatic carbocycles. The first-order valence-corrected chi connectivity index (χ1v) is 12.8. The van der Waals surface area contributed by atoms with Gasteiger partial charge in [0.1, 0.15) is 5.82 Å². The minimum Gasteiger partial charge on any atom is -0.309 e. The Kier molecular flexibility index (Phi) is 9.43. The molecule has 0 bridgehead atoms. The Balaban J connectivity index is 1.60. The summed E-state index contributed by atoms with van der Waals surface area (Å²) in [5, 5.41) is 0. The molecule has 1 fully saturated rings. The van der Waals surface area contributed by atoms with Crippen LogP contribution in [-0.4, -0.2) is 0 Å². The van der Waals surface area contributed by atoms with Gasteiger partial charge in [0, 0.05) is 0 Å². The van der Waals surface area contributed by atoms with Gasteiger partial charge in [-0.05, 0) is 80.0 Å². The molecule has 0 aromatic heterocycles. The van der Waals surface area contributed by atoms with Crippen molar-refractivity contribution in [2.75, 3.05) is 0 Å². The van der Waals surface area contributed by atoms with Crippen LogP contribution in [0.3, 0.4) is 0 Å². The molecule has 0 saturated heterocycles. The monoisotopic (exact) mass is 460 g/mol. The van der Waals surface area contributed by atoms with Gasteiger partial charge in [-0.3, -0.25) is 0 Å². The smallest absolute Gasteiger partial charge is 0.309 e. The third-order valence-electron chi connectivity index (χ3n) is 7.18. The van der Waals surface area contributed by atoms with Crippen LogP contribution in [0.4, 0.5) is 13.2 Å². The predicted molar refractivity (Wildman–Crippen MR) is 129 cm³/mol. The Morgan fingerprint density at radius 1 is 0.939 bits per heavy atom. The van der Waals surface area contributed by atoms with Crippen molar-refractivity contribution in [3.8, 4) is 0 Å². The van der Waals surface area contributed by atoms with E-state index in [1.807, 2.05) is 12.1 Å². The molecule has 0 N–H and O–H groups in total. The van der Waals surface area contributed by atoms with Crippen molar-refractivity contribution in [3.05, 3.63) is 70.5 Å². The molecule has 33 heavy (non-hydrogen) atoms. The normalized spacial score (nSPS) is 20.1. The lowest BCUT2D eigenvalue weighted by Crippen LogP contribution is -2.21. The van der Waals surface area contributed by atoms with Crippen LogP contribution in [0.5, 0.6) is 0 Å². The zero-order valence-electron chi connectivity index (χ0n) is 20.4. The van der Waals surface area contributed by atoms with Crippen LogP contribution < -0.4 is 0 Å². The van der Waals surface area contributed by atoms with Crippen molar-refractivity contribution >= 4 is 0 Å². The minimum absolute atomic E-state index is 0.158. The molecule has 1 nitrogen and oxygen atoms in total. The average Bonchev–Trinajstić information content (AvgIpc) is 2.81. The summed E-state index contributed by atoms with van der Waals surface area (Å²) in [5.74, 6) is 0.930. The fraction of sp³-hybridized carbons (Fsp3) is 0.586. The van der Waals surface area contributed by atoms with E-state index in [-0.39, 0.29) is 11.4 Å². The first-order valence-electron chi connectivity index (χ1n) is 12.8. The third-order valence-corrected chi connectivity index (χ3v) is 7.18. The summed E-state index contributed by atoms with van der Waals surface area (Å²) < 4.78 is 49.3. The van der Waals surface area contributed by atoms with Crippen molar-refractivity contribution < 1.29 is 17.9 Å². The number of halogens is 3. The molecule has 1 unspecified atom stereocenters. The van der Waals surface area contributed by atoms with Crippen LogP contribution in [0.2, 0.25) is 0 Å². The van der Waals surface area contributed by atoms with Gasteiger partial charge in [0.25, 0.3) is 0 Å². The number of rotatable bonds is 11. The van der Waals surface area contributed by atoms with E-state index >= 15 is 0 Å². The van der Waals surface area contributed by atoms with E-state index in [9.17, 15) is 13.2 Å². The zero-order valence-corrected chi connectivity index (χ0v) is 20.4. The molecule has 0 aliphatic heterocycles. The molecular weight excluding hydrogens is 421 g/mol. The number of ether oxygens (including phenoxy) is 1. The highest BCUT2D eigenvalue weighted by Crippen LogP contribution is 2.40. The van der Waals surface area contributed by atoms with E-state index in [0.29, 0.717) is 23.5 Å². The van der Waals surface area contributed by atoms with Crippen molar-refractivity contribution in [2.45, 2.75) is 103 Å². The van der Waals surface area contributed by atoms with Crippen LogP contribution in [0.25, 0.3) is 0 Å². The zero-order chi connectivity index (χ0) is 23.8. The van der Waals surface area contributed by atoms with Gasteiger partial charge < -0.3 is 4.74 Å². The quantitative estimate of drug-likeness (QED) is 0.303. The van der Waals surface area contributed by atoms with Gasteiger partial charge in [0.05, 0.1) is 11.7 Å². The fourth-order valence-electron chi connectivity index (χ4n) is 5.08. The molecule has 0 radical (unpaired) electrons. The third kappa shape index (κ3) is 7.09. The second kappa shape index (κ2) is 12.1. The molecule has 1 saturated carbocycles. The van der Waals surface area contributed by atoms with E-state index in [1.54, 1.807) is 19.1 Å². The van der Waals surface area contributed by atoms with Gasteiger partial charge in [-0.25, -0.2) is 4.39 Å². The second-order valence-electron chi connectivity index (χ2n) is 9.71. The number of aryl methyl sites for hydroxylation is 1. The maximum atomic E-state index is 14.9. The van der Waals surface area contributed by atoms with Gasteiger partial charge in [0.2, 0.25) is 0 Å². The number of benzene rings is 2. The van der Waals surface area contributed by atoms with Crippen LogP contribution in [0.1, 0.15) is 113 Å². The van der Waals surface area contributed by atoms with Gasteiger partial charge >= 0.3 is 6.11 Å². The van der Waals surface area contributed by atoms with Crippen LogP contribution >= 0.6 is 0 Å². The minimum atomic E-state index is -3.44. The van der Waals surface area contributed by atoms with Crippen LogP contribution in [0, 0.1) is 11.7 Å². The molecule has 182 valence electrons. The molecule has 3 rings (SSSR count). The summed E-state index contributed by atoms with van der Waals surface area (Å²) in [6.07, 6.45) is 6.59. The van der Waals surface area contributed by atoms with Gasteiger partial charge in [-0.1, -0.05) is 75.9 Å². The van der Waals surface area contributed by atoms with Gasteiger partial charge in [-0.2, -0.15) is 8.78 Å². The number of hydrogen-bond donors (Lipinski definition) is 0. The summed E-state index contributed by atoms with van der Waals surface area (Å²) in [5.41, 5.74) is 2.03. The van der Waals surface area contributed by atoms with E-state index in [2.05, 4.69) is 13.8 Å². The topological polar surface area (TPSA) is 9.23 Å². The summed E-state index contributed by atoms with van der Waals surface area (Å²) in [4.78, 5) is 0. The highest BCUT2D eigenvalue weighted by molar-refractivity contribution is 5.29. The lowest BCUT2D eigenvalue weighted by molar-refractivity contribution is -0.272. The molecular formula is C29H39F3O. The summed E-state index contributed by atoms with van der Waals surface area (Å²) in [7, 11) is 0. The molecule has 2 aromatic rings. The average molecular weight is 461 g/mol. The molecule has 1 atom stereocenters. The first-order chi connectivity index (χ1) is 15.8. The summed E-state index contributed by atoms with van der Waals surface area (Å²) in [6.45, 7) is 5.88. The van der Waals surface area contributed by atoms with Crippen LogP contribution in [-0.2, 0) is 17.3 Å². The molecule has 0 amide bonds. The SMILES string of the molecule is CCCCCc1ccc(C(C)OC(F)(F)c2ccc(C3CCC(CCC)CC3)cc2)cc1F. The Bertz CT molecular complexity index is 854. The van der Waals surface area contributed by atoms with E-state index in [1.165, 1.54) is 43.9 Å². The van der Waals surface area contributed by atoms with E-state index in [4.69, 9.17) is 4.74 Å². The molecule has 2 aromatic carbocycles. The molecule has 0 heterocycles. The molecule has 4 heteroatoms. The summed E-state index contributed by atoms with van der Waals surface area (Å²) >= 11 is 0. The van der Waals surface area contributed by atoms with Crippen molar-refractivity contribution in [1.29, 1.82) is 0 Å². The maximum absolute atomic E-state index is 14.9. The molecule has 0 spiro atoms. The Morgan fingerprint density at radius 2 is 1.64 bits per heavy atom. The standard InChI is InChI=1S/C29H39F3O/c1-4-6-7-9-25-14-15-26(20-28(25)30)21(3)33-29(31,32)27-18-16-24(17-19-27)23-12-10-22(8-5-2)11-13-23/h14-23H,4-13H2,1-3H3. The fourth-order valence-corrected chi connectivity index (χ4v) is 5.08. The first kappa shape index (κ1) is 25.8. The Morgan fingerprint density at radius 3 is 2.24 bits per heavy atom. The Labute approximate surface area is 197 Å². The number of hydrogen-bond acceptors (Lipinski definition) is 1. The number of alkyl halides is 2. The predicted octanol–water partition coefficient (Wildman–Crippen LogP) is 9.46. The van der Waals surface area contributed by atoms with E-state index < -0.39 is 12.2 Å². The van der Waals surface area contributed by atoms with Crippen LogP contribution in [0.15, 0.2) is 42.5 Å². The highest BCUT2D eigenvalue weighted by Gasteiger charge is 2.35. The lowest BCUT2D eigenvalue weighted by atomic mass is 9.77. The largest absolute Gasteiger partial charge is 0.383 e. The van der Waals surface area contributed by atoms with Gasteiger partial charge in [0.15, 0.2) is 0 Å². The summed E-state index contributed by atoms with van der Waals surface area (Å²) in [6, 6.07) is 11.3. The number of unbranched alkanes of at least 4 members (excludes halogenated alkanes) is 2. The lowest BCUT2D eigenvalue weighted by Gasteiger charge is -2.29. The van der Waals surface area contributed by atoms with Crippen molar-refractivity contribution in [3.63, 3.8) is 0 Å². The van der Waals surface area contributed by atoms with Crippen molar-refractivity contribution in [1.82, 2.24) is 0 Å². The van der Waals surface area contributed by atoms with Gasteiger partial charge in [-0.15, -0.1) is 0 Å².